The first-order chi connectivity index (χ1) is 6.13. The number of hydrogen-bond acceptors (Lipinski definition) is 1. The minimum absolute atomic E-state index is 0.313. The summed E-state index contributed by atoms with van der Waals surface area (Å²) in [5.74, 6) is 0.638. The van der Waals surface area contributed by atoms with Crippen LogP contribution in [0.25, 0.3) is 0 Å². The molecule has 0 aromatic carbocycles. The van der Waals surface area contributed by atoms with Crippen LogP contribution in [0.15, 0.2) is 0 Å². The van der Waals surface area contributed by atoms with Crippen LogP contribution in [0.5, 0.6) is 0 Å². The molecule has 2 fully saturated rings. The van der Waals surface area contributed by atoms with Crippen LogP contribution in [-0.4, -0.2) is 11.9 Å². The van der Waals surface area contributed by atoms with Crippen molar-refractivity contribution in [1.29, 1.82) is 0 Å². The summed E-state index contributed by atoms with van der Waals surface area (Å²) in [5, 5.41) is 3.08. The highest BCUT2D eigenvalue weighted by atomic mass is 16.2. The maximum atomic E-state index is 11.6. The van der Waals surface area contributed by atoms with Gasteiger partial charge in [0.1, 0.15) is 0 Å². The van der Waals surface area contributed by atoms with E-state index < -0.39 is 0 Å². The lowest BCUT2D eigenvalue weighted by molar-refractivity contribution is -0.132. The predicted octanol–water partition coefficient (Wildman–Crippen LogP) is 2.09. The monoisotopic (exact) mass is 181 g/mol. The molecule has 0 atom stereocenters. The Labute approximate surface area is 80.1 Å². The van der Waals surface area contributed by atoms with Gasteiger partial charge in [0.05, 0.1) is 0 Å². The van der Waals surface area contributed by atoms with Gasteiger partial charge < -0.3 is 5.32 Å². The molecule has 0 saturated heterocycles. The molecule has 2 aliphatic rings. The Bertz CT molecular complexity index is 214. The molecule has 2 aliphatic carbocycles. The highest BCUT2D eigenvalue weighted by Crippen LogP contribution is 2.47. The zero-order chi connectivity index (χ0) is 9.47. The standard InChI is InChI=1S/C11H19NO/c1-3-11(2)6-8(7-11)10(13)12-9-4-5-9/h8-9H,3-7H2,1-2H3,(H,12,13). The smallest absolute Gasteiger partial charge is 0.223 e. The number of rotatable bonds is 3. The summed E-state index contributed by atoms with van der Waals surface area (Å²) < 4.78 is 0. The summed E-state index contributed by atoms with van der Waals surface area (Å²) >= 11 is 0. The van der Waals surface area contributed by atoms with Crippen molar-refractivity contribution in [3.8, 4) is 0 Å². The summed E-state index contributed by atoms with van der Waals surface area (Å²) in [7, 11) is 0. The molecule has 2 rings (SSSR count). The van der Waals surface area contributed by atoms with Gasteiger partial charge in [-0.3, -0.25) is 4.79 Å². The minimum atomic E-state index is 0.313. The lowest BCUT2D eigenvalue weighted by atomic mass is 9.61. The number of amides is 1. The average molecular weight is 181 g/mol. The molecular weight excluding hydrogens is 162 g/mol. The van der Waals surface area contributed by atoms with Crippen LogP contribution < -0.4 is 5.32 Å². The second-order valence-corrected chi connectivity index (χ2v) is 5.05. The third kappa shape index (κ3) is 1.87. The van der Waals surface area contributed by atoms with Crippen molar-refractivity contribution in [3.63, 3.8) is 0 Å². The topological polar surface area (TPSA) is 29.1 Å². The van der Waals surface area contributed by atoms with Crippen molar-refractivity contribution in [2.45, 2.75) is 52.0 Å². The van der Waals surface area contributed by atoms with Crippen molar-refractivity contribution < 1.29 is 4.79 Å². The maximum Gasteiger partial charge on any atom is 0.223 e. The van der Waals surface area contributed by atoms with Gasteiger partial charge >= 0.3 is 0 Å². The molecular formula is C11H19NO. The third-order valence-corrected chi connectivity index (χ3v) is 3.63. The molecule has 1 amide bonds. The van der Waals surface area contributed by atoms with E-state index in [0.29, 0.717) is 23.3 Å². The zero-order valence-electron chi connectivity index (χ0n) is 8.60. The maximum absolute atomic E-state index is 11.6. The number of hydrogen-bond donors (Lipinski definition) is 1. The van der Waals surface area contributed by atoms with E-state index in [1.807, 2.05) is 0 Å². The van der Waals surface area contributed by atoms with Gasteiger partial charge in [0, 0.05) is 12.0 Å². The predicted molar refractivity (Wildman–Crippen MR) is 52.3 cm³/mol. The Morgan fingerprint density at radius 3 is 2.54 bits per heavy atom. The summed E-state index contributed by atoms with van der Waals surface area (Å²) in [4.78, 5) is 11.6. The second-order valence-electron chi connectivity index (χ2n) is 5.05. The zero-order valence-corrected chi connectivity index (χ0v) is 8.60. The molecule has 0 unspecified atom stereocenters. The highest BCUT2D eigenvalue weighted by Gasteiger charge is 2.43. The fourth-order valence-electron chi connectivity index (χ4n) is 2.15. The van der Waals surface area contributed by atoms with E-state index in [1.54, 1.807) is 0 Å². The average Bonchev–Trinajstić information content (AvgIpc) is 2.82. The Morgan fingerprint density at radius 2 is 2.08 bits per heavy atom. The summed E-state index contributed by atoms with van der Waals surface area (Å²) in [6.45, 7) is 4.50. The third-order valence-electron chi connectivity index (χ3n) is 3.63. The van der Waals surface area contributed by atoms with E-state index in [9.17, 15) is 4.79 Å². The fourth-order valence-corrected chi connectivity index (χ4v) is 2.15. The molecule has 1 N–H and O–H groups in total. The molecule has 2 saturated carbocycles. The molecule has 2 nitrogen and oxygen atoms in total. The molecule has 74 valence electrons. The summed E-state index contributed by atoms with van der Waals surface area (Å²) in [6, 6.07) is 0.529. The van der Waals surface area contributed by atoms with Gasteiger partial charge in [-0.25, -0.2) is 0 Å². The number of carbonyl (C=O) groups excluding carboxylic acids is 1. The van der Waals surface area contributed by atoms with Crippen LogP contribution in [0.2, 0.25) is 0 Å². The first kappa shape index (κ1) is 9.04. The van der Waals surface area contributed by atoms with Crippen LogP contribution in [0.1, 0.15) is 46.0 Å². The molecule has 0 bridgehead atoms. The quantitative estimate of drug-likeness (QED) is 0.709. The van der Waals surface area contributed by atoms with E-state index in [1.165, 1.54) is 19.3 Å². The van der Waals surface area contributed by atoms with Gasteiger partial charge in [0.15, 0.2) is 0 Å². The lowest BCUT2D eigenvalue weighted by Gasteiger charge is -2.43. The first-order valence-corrected chi connectivity index (χ1v) is 5.43. The second kappa shape index (κ2) is 3.00. The summed E-state index contributed by atoms with van der Waals surface area (Å²) in [6.07, 6.45) is 5.80. The Hall–Kier alpha value is -0.530. The Kier molecular flexibility index (Phi) is 2.09. The molecule has 0 aliphatic heterocycles. The van der Waals surface area contributed by atoms with Gasteiger partial charge in [-0.2, -0.15) is 0 Å². The minimum Gasteiger partial charge on any atom is -0.353 e. The van der Waals surface area contributed by atoms with Crippen molar-refractivity contribution in [3.05, 3.63) is 0 Å². The Balaban J connectivity index is 1.75. The van der Waals surface area contributed by atoms with Gasteiger partial charge in [0.25, 0.3) is 0 Å². The number of nitrogens with one attached hydrogen (secondary N) is 1. The largest absolute Gasteiger partial charge is 0.353 e. The molecule has 2 heteroatoms. The molecule has 0 aromatic rings. The molecule has 0 heterocycles. The van der Waals surface area contributed by atoms with E-state index in [-0.39, 0.29) is 0 Å². The Morgan fingerprint density at radius 1 is 1.46 bits per heavy atom. The van der Waals surface area contributed by atoms with E-state index in [0.717, 1.165) is 12.8 Å². The molecule has 0 radical (unpaired) electrons. The van der Waals surface area contributed by atoms with Crippen LogP contribution in [0.3, 0.4) is 0 Å². The van der Waals surface area contributed by atoms with Crippen molar-refractivity contribution >= 4 is 5.91 Å². The van der Waals surface area contributed by atoms with E-state index in [4.69, 9.17) is 0 Å². The highest BCUT2D eigenvalue weighted by molar-refractivity contribution is 5.80. The van der Waals surface area contributed by atoms with Crippen LogP contribution in [-0.2, 0) is 4.79 Å². The van der Waals surface area contributed by atoms with E-state index >= 15 is 0 Å². The lowest BCUT2D eigenvalue weighted by Crippen LogP contribution is -2.44. The van der Waals surface area contributed by atoms with Gasteiger partial charge in [-0.05, 0) is 31.1 Å². The van der Waals surface area contributed by atoms with Gasteiger partial charge in [0.2, 0.25) is 5.91 Å². The van der Waals surface area contributed by atoms with Gasteiger partial charge in [-0.15, -0.1) is 0 Å². The van der Waals surface area contributed by atoms with Crippen molar-refractivity contribution in [2.75, 3.05) is 0 Å². The fraction of sp³-hybridized carbons (Fsp3) is 0.909. The number of carbonyl (C=O) groups is 1. The molecule has 0 spiro atoms. The molecule has 0 aromatic heterocycles. The van der Waals surface area contributed by atoms with Gasteiger partial charge in [-0.1, -0.05) is 20.3 Å². The van der Waals surface area contributed by atoms with Crippen LogP contribution >= 0.6 is 0 Å². The summed E-state index contributed by atoms with van der Waals surface area (Å²) in [5.41, 5.74) is 0.464. The normalized spacial score (nSPS) is 38.2. The van der Waals surface area contributed by atoms with Crippen LogP contribution in [0, 0.1) is 11.3 Å². The molecule has 13 heavy (non-hydrogen) atoms. The van der Waals surface area contributed by atoms with E-state index in [2.05, 4.69) is 19.2 Å². The van der Waals surface area contributed by atoms with Crippen molar-refractivity contribution in [2.24, 2.45) is 11.3 Å². The van der Waals surface area contributed by atoms with Crippen molar-refractivity contribution in [1.82, 2.24) is 5.32 Å². The SMILES string of the molecule is CCC1(C)CC(C(=O)NC2CC2)C1. The van der Waals surface area contributed by atoms with Crippen LogP contribution in [0.4, 0.5) is 0 Å². The first-order valence-electron chi connectivity index (χ1n) is 5.43.